The molecule has 1 aromatic carbocycles. The van der Waals surface area contributed by atoms with Crippen LogP contribution in [0.15, 0.2) is 16.8 Å². The van der Waals surface area contributed by atoms with Crippen LogP contribution in [0, 0.1) is 6.92 Å². The Bertz CT molecular complexity index is 844. The molecule has 2 aromatic rings. The summed E-state index contributed by atoms with van der Waals surface area (Å²) in [6, 6.07) is 4.16. The molecule has 27 heavy (non-hydrogen) atoms. The molecule has 1 amide bonds. The third-order valence-electron chi connectivity index (χ3n) is 5.22. The molecule has 0 N–H and O–H groups in total. The Hall–Kier alpha value is -2.19. The van der Waals surface area contributed by atoms with Crippen LogP contribution in [0.25, 0.3) is 11.0 Å². The lowest BCUT2D eigenvalue weighted by Crippen LogP contribution is -2.60. The molecule has 0 radical (unpaired) electrons. The number of aromatic nitrogens is 2. The van der Waals surface area contributed by atoms with Gasteiger partial charge in [-0.1, -0.05) is 6.07 Å². The fourth-order valence-corrected chi connectivity index (χ4v) is 3.81. The van der Waals surface area contributed by atoms with Gasteiger partial charge in [-0.2, -0.15) is 0 Å². The molecule has 0 aliphatic carbocycles. The molecule has 1 aromatic heterocycles. The number of hydrogen-bond acceptors (Lipinski definition) is 7. The summed E-state index contributed by atoms with van der Waals surface area (Å²) in [5.41, 5.74) is 3.23. The largest absolute Gasteiger partial charge is 0.444 e. The second-order valence-corrected chi connectivity index (χ2v) is 8.31. The number of ether oxygens (including phenoxy) is 2. The SMILES string of the molecule is Cc1c([C@@H]2CN3CCN(C(=O)OC(C)(C)C)CC3CO2)ccc2nonc12. The molecule has 8 heteroatoms. The lowest BCUT2D eigenvalue weighted by atomic mass is 9.99. The zero-order chi connectivity index (χ0) is 19.2. The van der Waals surface area contributed by atoms with E-state index in [2.05, 4.69) is 15.2 Å². The predicted molar refractivity (Wildman–Crippen MR) is 98.4 cm³/mol. The van der Waals surface area contributed by atoms with Gasteiger partial charge in [0.25, 0.3) is 0 Å². The summed E-state index contributed by atoms with van der Waals surface area (Å²) in [6.07, 6.45) is -0.264. The van der Waals surface area contributed by atoms with Gasteiger partial charge in [-0.3, -0.25) is 4.90 Å². The molecule has 0 bridgehead atoms. The summed E-state index contributed by atoms with van der Waals surface area (Å²) in [7, 11) is 0. The van der Waals surface area contributed by atoms with Crippen molar-refractivity contribution in [1.29, 1.82) is 0 Å². The Morgan fingerprint density at radius 3 is 2.81 bits per heavy atom. The number of carbonyl (C=O) groups excluding carboxylic acids is 1. The number of morpholine rings is 1. The maximum atomic E-state index is 12.3. The number of nitrogens with zero attached hydrogens (tertiary/aromatic N) is 4. The zero-order valence-corrected chi connectivity index (χ0v) is 16.3. The predicted octanol–water partition coefficient (Wildman–Crippen LogP) is 2.52. The van der Waals surface area contributed by atoms with E-state index < -0.39 is 5.60 Å². The highest BCUT2D eigenvalue weighted by Gasteiger charge is 2.37. The second-order valence-electron chi connectivity index (χ2n) is 8.31. The molecule has 2 fully saturated rings. The van der Waals surface area contributed by atoms with Crippen LogP contribution in [0.5, 0.6) is 0 Å². The van der Waals surface area contributed by atoms with Crippen LogP contribution in [-0.2, 0) is 9.47 Å². The molecule has 0 spiro atoms. The first-order chi connectivity index (χ1) is 12.8. The first kappa shape index (κ1) is 18.2. The smallest absolute Gasteiger partial charge is 0.410 e. The highest BCUT2D eigenvalue weighted by atomic mass is 16.6. The lowest BCUT2D eigenvalue weighted by Gasteiger charge is -2.46. The number of rotatable bonds is 1. The topological polar surface area (TPSA) is 80.9 Å². The third kappa shape index (κ3) is 3.64. The first-order valence-electron chi connectivity index (χ1n) is 9.37. The molecule has 2 aliphatic rings. The van der Waals surface area contributed by atoms with Crippen molar-refractivity contribution >= 4 is 17.1 Å². The summed E-state index contributed by atoms with van der Waals surface area (Å²) in [6.45, 7) is 11.2. The first-order valence-corrected chi connectivity index (χ1v) is 9.37. The van der Waals surface area contributed by atoms with Crippen LogP contribution in [0.2, 0.25) is 0 Å². The van der Waals surface area contributed by atoms with E-state index in [0.29, 0.717) is 19.7 Å². The monoisotopic (exact) mass is 374 g/mol. The van der Waals surface area contributed by atoms with Crippen molar-refractivity contribution in [2.75, 3.05) is 32.8 Å². The molecule has 3 heterocycles. The zero-order valence-electron chi connectivity index (χ0n) is 16.3. The molecule has 8 nitrogen and oxygen atoms in total. The third-order valence-corrected chi connectivity index (χ3v) is 5.22. The lowest BCUT2D eigenvalue weighted by molar-refractivity contribution is -0.0907. The van der Waals surface area contributed by atoms with Gasteiger partial charge >= 0.3 is 6.09 Å². The molecule has 146 valence electrons. The van der Waals surface area contributed by atoms with E-state index in [1.54, 1.807) is 4.90 Å². The van der Waals surface area contributed by atoms with Crippen LogP contribution in [-0.4, -0.2) is 70.6 Å². The van der Waals surface area contributed by atoms with Crippen LogP contribution >= 0.6 is 0 Å². The average molecular weight is 374 g/mol. The van der Waals surface area contributed by atoms with Gasteiger partial charge in [-0.25, -0.2) is 9.42 Å². The van der Waals surface area contributed by atoms with E-state index in [1.165, 1.54) is 0 Å². The van der Waals surface area contributed by atoms with Crippen LogP contribution in [0.4, 0.5) is 4.79 Å². The molecule has 2 atom stereocenters. The van der Waals surface area contributed by atoms with E-state index in [0.717, 1.165) is 35.2 Å². The molecular formula is C19H26N4O4. The summed E-state index contributed by atoms with van der Waals surface area (Å²) in [5, 5.41) is 7.90. The molecule has 2 aliphatic heterocycles. The van der Waals surface area contributed by atoms with Gasteiger partial charge in [-0.15, -0.1) is 0 Å². The van der Waals surface area contributed by atoms with Gasteiger partial charge < -0.3 is 14.4 Å². The maximum Gasteiger partial charge on any atom is 0.410 e. The van der Waals surface area contributed by atoms with Gasteiger partial charge in [0.2, 0.25) is 0 Å². The van der Waals surface area contributed by atoms with Gasteiger partial charge in [0.05, 0.1) is 18.8 Å². The van der Waals surface area contributed by atoms with Crippen molar-refractivity contribution in [3.63, 3.8) is 0 Å². The second kappa shape index (κ2) is 6.76. The van der Waals surface area contributed by atoms with Crippen LogP contribution < -0.4 is 0 Å². The van der Waals surface area contributed by atoms with Crippen molar-refractivity contribution in [1.82, 2.24) is 20.1 Å². The summed E-state index contributed by atoms with van der Waals surface area (Å²) in [5.74, 6) is 0. The van der Waals surface area contributed by atoms with E-state index in [-0.39, 0.29) is 18.2 Å². The highest BCUT2D eigenvalue weighted by molar-refractivity contribution is 5.78. The van der Waals surface area contributed by atoms with Gasteiger partial charge in [0, 0.05) is 26.2 Å². The van der Waals surface area contributed by atoms with Gasteiger partial charge in [-0.05, 0) is 55.2 Å². The van der Waals surface area contributed by atoms with E-state index in [9.17, 15) is 4.79 Å². The van der Waals surface area contributed by atoms with Crippen molar-refractivity contribution in [2.45, 2.75) is 45.4 Å². The standard InChI is InChI=1S/C19H26N4O4/c1-12-14(5-6-15-17(12)21-27-20-15)16-10-22-7-8-23(9-13(22)11-25-16)18(24)26-19(2,3)4/h5-6,13,16H,7-11H2,1-4H3/t13?,16-/m0/s1. The number of piperazine rings is 1. The molecule has 4 rings (SSSR count). The number of carbonyl (C=O) groups is 1. The number of hydrogen-bond donors (Lipinski definition) is 0. The van der Waals surface area contributed by atoms with Crippen LogP contribution in [0.3, 0.4) is 0 Å². The summed E-state index contributed by atoms with van der Waals surface area (Å²) in [4.78, 5) is 16.5. The Labute approximate surface area is 158 Å². The Kier molecular flexibility index (Phi) is 4.55. The molecule has 0 saturated carbocycles. The fourth-order valence-electron chi connectivity index (χ4n) is 3.81. The van der Waals surface area contributed by atoms with Crippen molar-refractivity contribution < 1.29 is 18.9 Å². The number of benzene rings is 1. The fraction of sp³-hybridized carbons (Fsp3) is 0.632. The number of fused-ring (bicyclic) bond motifs is 2. The Balaban J connectivity index is 1.43. The van der Waals surface area contributed by atoms with E-state index in [1.807, 2.05) is 39.8 Å². The summed E-state index contributed by atoms with van der Waals surface area (Å²) < 4.78 is 16.5. The highest BCUT2D eigenvalue weighted by Crippen LogP contribution is 2.31. The minimum atomic E-state index is -0.478. The number of aryl methyl sites for hydroxylation is 1. The number of amides is 1. The average Bonchev–Trinajstić information content (AvgIpc) is 3.09. The quantitative estimate of drug-likeness (QED) is 0.759. The molecule has 2 saturated heterocycles. The Morgan fingerprint density at radius 2 is 2.04 bits per heavy atom. The Morgan fingerprint density at radius 1 is 1.22 bits per heavy atom. The minimum absolute atomic E-state index is 0.0181. The summed E-state index contributed by atoms with van der Waals surface area (Å²) >= 11 is 0. The van der Waals surface area contributed by atoms with E-state index >= 15 is 0 Å². The van der Waals surface area contributed by atoms with E-state index in [4.69, 9.17) is 14.1 Å². The minimum Gasteiger partial charge on any atom is -0.444 e. The van der Waals surface area contributed by atoms with Gasteiger partial charge in [0.1, 0.15) is 16.6 Å². The normalized spacial score (nSPS) is 24.1. The van der Waals surface area contributed by atoms with Crippen molar-refractivity contribution in [3.05, 3.63) is 23.3 Å². The van der Waals surface area contributed by atoms with Crippen LogP contribution in [0.1, 0.15) is 38.0 Å². The van der Waals surface area contributed by atoms with Crippen molar-refractivity contribution in [2.24, 2.45) is 0 Å². The maximum absolute atomic E-state index is 12.3. The molecule has 1 unspecified atom stereocenters. The van der Waals surface area contributed by atoms with Crippen molar-refractivity contribution in [3.8, 4) is 0 Å². The molecular weight excluding hydrogens is 348 g/mol. The van der Waals surface area contributed by atoms with Gasteiger partial charge in [0.15, 0.2) is 0 Å².